The van der Waals surface area contributed by atoms with Gasteiger partial charge in [-0.2, -0.15) is 0 Å². The van der Waals surface area contributed by atoms with E-state index in [1.165, 1.54) is 4.88 Å². The van der Waals surface area contributed by atoms with E-state index in [9.17, 15) is 4.79 Å². The summed E-state index contributed by atoms with van der Waals surface area (Å²) < 4.78 is 0. The van der Waals surface area contributed by atoms with Crippen molar-refractivity contribution in [3.8, 4) is 0 Å². The van der Waals surface area contributed by atoms with Crippen LogP contribution < -0.4 is 16.0 Å². The van der Waals surface area contributed by atoms with Gasteiger partial charge in [-0.1, -0.05) is 30.3 Å². The molecule has 2 aromatic rings. The van der Waals surface area contributed by atoms with Crippen LogP contribution in [0.4, 0.5) is 0 Å². The summed E-state index contributed by atoms with van der Waals surface area (Å²) in [5, 5.41) is 10.4. The van der Waals surface area contributed by atoms with Crippen LogP contribution in [0.2, 0.25) is 0 Å². The Labute approximate surface area is 182 Å². The Morgan fingerprint density at radius 1 is 1.15 bits per heavy atom. The van der Waals surface area contributed by atoms with Crippen LogP contribution in [0.3, 0.4) is 0 Å². The molecule has 0 atom stereocenters. The van der Waals surface area contributed by atoms with Crippen molar-refractivity contribution in [2.45, 2.75) is 33.7 Å². The van der Waals surface area contributed by atoms with Crippen LogP contribution in [0.1, 0.15) is 28.1 Å². The average Bonchev–Trinajstić information content (AvgIpc) is 2.96. The number of halogens is 1. The number of aromatic nitrogens is 1. The molecule has 2 rings (SSSR count). The summed E-state index contributed by atoms with van der Waals surface area (Å²) in [6, 6.07) is 9.84. The summed E-state index contributed by atoms with van der Waals surface area (Å²) >= 11 is 1.73. The van der Waals surface area contributed by atoms with E-state index in [0.29, 0.717) is 12.5 Å². The Bertz CT molecular complexity index is 713. The third-order valence-electron chi connectivity index (χ3n) is 3.76. The van der Waals surface area contributed by atoms with Crippen LogP contribution in [0, 0.1) is 13.8 Å². The lowest BCUT2D eigenvalue weighted by Crippen LogP contribution is -2.39. The normalized spacial score (nSPS) is 10.9. The van der Waals surface area contributed by atoms with Crippen LogP contribution in [0.25, 0.3) is 0 Å². The maximum Gasteiger partial charge on any atom is 0.242 e. The molecule has 0 bridgehead atoms. The largest absolute Gasteiger partial charge is 0.357 e. The zero-order valence-corrected chi connectivity index (χ0v) is 19.2. The first kappa shape index (κ1) is 23.4. The third kappa shape index (κ3) is 8.70. The first-order chi connectivity index (χ1) is 12.6. The van der Waals surface area contributed by atoms with Crippen LogP contribution in [-0.4, -0.2) is 36.5 Å². The number of hydrogen-bond acceptors (Lipinski definition) is 4. The van der Waals surface area contributed by atoms with Gasteiger partial charge in [0, 0.05) is 30.9 Å². The number of carbonyl (C=O) groups is 1. The number of guanidine groups is 1. The third-order valence-corrected chi connectivity index (χ3v) is 4.89. The van der Waals surface area contributed by atoms with Gasteiger partial charge in [0.25, 0.3) is 0 Å². The van der Waals surface area contributed by atoms with Gasteiger partial charge in [-0.15, -0.1) is 35.3 Å². The first-order valence-electron chi connectivity index (χ1n) is 8.84. The highest BCUT2D eigenvalue weighted by Crippen LogP contribution is 2.16. The standard InChI is InChI=1S/C19H27N5OS.HI/c1-4-20-19(21-11-10-18-24-14(2)15(3)26-18)23-13-17(25)22-12-16-8-6-5-7-9-16;/h5-9H,4,10-13H2,1-3H3,(H,22,25)(H2,20,21,23);1H. The smallest absolute Gasteiger partial charge is 0.242 e. The molecule has 0 fully saturated rings. The number of carbonyl (C=O) groups excluding carboxylic acids is 1. The van der Waals surface area contributed by atoms with Crippen molar-refractivity contribution in [2.24, 2.45) is 4.99 Å². The zero-order chi connectivity index (χ0) is 18.8. The summed E-state index contributed by atoms with van der Waals surface area (Å²) in [6.45, 7) is 8.20. The predicted octanol–water partition coefficient (Wildman–Crippen LogP) is 2.79. The summed E-state index contributed by atoms with van der Waals surface area (Å²) in [5.41, 5.74) is 2.17. The molecule has 148 valence electrons. The van der Waals surface area contributed by atoms with E-state index in [4.69, 9.17) is 0 Å². The Morgan fingerprint density at radius 2 is 1.89 bits per heavy atom. The molecule has 1 heterocycles. The number of aliphatic imine (C=N–C) groups is 1. The second-order valence-corrected chi connectivity index (χ2v) is 7.17. The van der Waals surface area contributed by atoms with E-state index in [1.54, 1.807) is 11.3 Å². The Hall–Kier alpha value is -1.68. The van der Waals surface area contributed by atoms with Crippen LogP contribution in [0.5, 0.6) is 0 Å². The maximum absolute atomic E-state index is 12.0. The number of nitrogens with one attached hydrogen (secondary N) is 3. The Kier molecular flexibility index (Phi) is 11.0. The lowest BCUT2D eigenvalue weighted by molar-refractivity contribution is -0.119. The molecule has 0 unspecified atom stereocenters. The molecule has 8 heteroatoms. The molecule has 27 heavy (non-hydrogen) atoms. The van der Waals surface area contributed by atoms with Gasteiger partial charge in [0.2, 0.25) is 5.91 Å². The Morgan fingerprint density at radius 3 is 2.52 bits per heavy atom. The first-order valence-corrected chi connectivity index (χ1v) is 9.66. The van der Waals surface area contributed by atoms with Gasteiger partial charge in [0.05, 0.1) is 10.7 Å². The maximum atomic E-state index is 12.0. The van der Waals surface area contributed by atoms with Crippen molar-refractivity contribution in [3.63, 3.8) is 0 Å². The van der Waals surface area contributed by atoms with Crippen molar-refractivity contribution < 1.29 is 4.79 Å². The van der Waals surface area contributed by atoms with Crippen molar-refractivity contribution in [1.82, 2.24) is 20.9 Å². The topological polar surface area (TPSA) is 78.4 Å². The summed E-state index contributed by atoms with van der Waals surface area (Å²) in [4.78, 5) is 22.1. The van der Waals surface area contributed by atoms with Gasteiger partial charge in [0.15, 0.2) is 5.96 Å². The fourth-order valence-corrected chi connectivity index (χ4v) is 3.21. The molecule has 0 aliphatic rings. The van der Waals surface area contributed by atoms with E-state index < -0.39 is 0 Å². The van der Waals surface area contributed by atoms with E-state index in [0.717, 1.165) is 35.8 Å². The van der Waals surface area contributed by atoms with Crippen LogP contribution >= 0.6 is 35.3 Å². The second-order valence-electron chi connectivity index (χ2n) is 5.88. The fourth-order valence-electron chi connectivity index (χ4n) is 2.28. The molecule has 1 amide bonds. The average molecular weight is 501 g/mol. The van der Waals surface area contributed by atoms with Gasteiger partial charge in [-0.3, -0.25) is 4.79 Å². The van der Waals surface area contributed by atoms with Crippen molar-refractivity contribution >= 4 is 47.2 Å². The van der Waals surface area contributed by atoms with E-state index in [2.05, 4.69) is 32.9 Å². The summed E-state index contributed by atoms with van der Waals surface area (Å²) in [6.07, 6.45) is 0.837. The number of benzene rings is 1. The zero-order valence-electron chi connectivity index (χ0n) is 16.0. The van der Waals surface area contributed by atoms with E-state index in [1.807, 2.05) is 44.2 Å². The highest BCUT2D eigenvalue weighted by molar-refractivity contribution is 14.0. The molecule has 0 aliphatic heterocycles. The molecule has 3 N–H and O–H groups in total. The lowest BCUT2D eigenvalue weighted by atomic mass is 10.2. The van der Waals surface area contributed by atoms with Gasteiger partial charge in [-0.05, 0) is 26.3 Å². The molecule has 1 aromatic carbocycles. The van der Waals surface area contributed by atoms with Crippen molar-refractivity contribution in [2.75, 3.05) is 19.6 Å². The van der Waals surface area contributed by atoms with Gasteiger partial charge in [0.1, 0.15) is 6.54 Å². The number of rotatable bonds is 8. The van der Waals surface area contributed by atoms with Crippen LogP contribution in [-0.2, 0) is 17.8 Å². The highest BCUT2D eigenvalue weighted by Gasteiger charge is 2.05. The van der Waals surface area contributed by atoms with Crippen molar-refractivity contribution in [1.29, 1.82) is 0 Å². The molecule has 0 radical (unpaired) electrons. The van der Waals surface area contributed by atoms with Gasteiger partial charge >= 0.3 is 0 Å². The quantitative estimate of drug-likeness (QED) is 0.296. The number of hydrogen-bond donors (Lipinski definition) is 3. The van der Waals surface area contributed by atoms with Crippen molar-refractivity contribution in [3.05, 3.63) is 51.5 Å². The Balaban J connectivity index is 0.00000364. The number of aryl methyl sites for hydroxylation is 2. The van der Waals surface area contributed by atoms with Gasteiger partial charge in [-0.25, -0.2) is 9.98 Å². The summed E-state index contributed by atoms with van der Waals surface area (Å²) in [5.74, 6) is 0.546. The minimum Gasteiger partial charge on any atom is -0.357 e. The molecule has 0 saturated carbocycles. The van der Waals surface area contributed by atoms with Gasteiger partial charge < -0.3 is 16.0 Å². The number of nitrogens with zero attached hydrogens (tertiary/aromatic N) is 2. The molecule has 0 aliphatic carbocycles. The second kappa shape index (κ2) is 12.7. The highest BCUT2D eigenvalue weighted by atomic mass is 127. The molecular formula is C19H28IN5OS. The lowest BCUT2D eigenvalue weighted by Gasteiger charge is -2.10. The SMILES string of the molecule is CCNC(=NCC(=O)NCc1ccccc1)NCCc1nc(C)c(C)s1.I. The minimum absolute atomic E-state index is 0. The predicted molar refractivity (Wildman–Crippen MR) is 123 cm³/mol. The minimum atomic E-state index is -0.0998. The molecule has 0 spiro atoms. The number of amides is 1. The molecule has 6 nitrogen and oxygen atoms in total. The fraction of sp³-hybridized carbons (Fsp3) is 0.421. The molecule has 0 saturated heterocycles. The van der Waals surface area contributed by atoms with E-state index in [-0.39, 0.29) is 36.4 Å². The summed E-state index contributed by atoms with van der Waals surface area (Å²) in [7, 11) is 0. The van der Waals surface area contributed by atoms with Crippen LogP contribution in [0.15, 0.2) is 35.3 Å². The molecule has 1 aromatic heterocycles. The van der Waals surface area contributed by atoms with E-state index >= 15 is 0 Å². The molecular weight excluding hydrogens is 473 g/mol. The number of thiazole rings is 1. The monoisotopic (exact) mass is 501 g/mol.